The normalized spacial score (nSPS) is 14.1. The van der Waals surface area contributed by atoms with Crippen molar-refractivity contribution < 1.29 is 9.18 Å². The summed E-state index contributed by atoms with van der Waals surface area (Å²) in [5.41, 5.74) is 0.250. The average molecular weight is 194 g/mol. The SMILES string of the molecule is C=CC(F)=c1[nH]nc(C(C)=O)c1=CC. The maximum atomic E-state index is 13.2. The second-order valence-corrected chi connectivity index (χ2v) is 2.76. The van der Waals surface area contributed by atoms with Crippen LogP contribution in [0.3, 0.4) is 0 Å². The molecule has 14 heavy (non-hydrogen) atoms. The van der Waals surface area contributed by atoms with Gasteiger partial charge in [0.2, 0.25) is 0 Å². The van der Waals surface area contributed by atoms with Gasteiger partial charge in [0.15, 0.2) is 5.78 Å². The van der Waals surface area contributed by atoms with Gasteiger partial charge in [-0.3, -0.25) is 9.89 Å². The van der Waals surface area contributed by atoms with Crippen LogP contribution in [0.2, 0.25) is 0 Å². The molecule has 0 unspecified atom stereocenters. The first-order valence-corrected chi connectivity index (χ1v) is 4.15. The van der Waals surface area contributed by atoms with E-state index in [1.807, 2.05) is 0 Å². The van der Waals surface area contributed by atoms with E-state index in [1.54, 1.807) is 13.0 Å². The van der Waals surface area contributed by atoms with Crippen LogP contribution in [0.4, 0.5) is 4.39 Å². The zero-order valence-corrected chi connectivity index (χ0v) is 8.10. The lowest BCUT2D eigenvalue weighted by Crippen LogP contribution is -2.27. The van der Waals surface area contributed by atoms with Crippen LogP contribution in [-0.2, 0) is 0 Å². The molecule has 1 aromatic rings. The Morgan fingerprint density at radius 1 is 1.64 bits per heavy atom. The third-order valence-corrected chi connectivity index (χ3v) is 1.84. The quantitative estimate of drug-likeness (QED) is 0.703. The van der Waals surface area contributed by atoms with Gasteiger partial charge in [-0.15, -0.1) is 0 Å². The predicted molar refractivity (Wildman–Crippen MR) is 52.7 cm³/mol. The highest BCUT2D eigenvalue weighted by atomic mass is 19.1. The van der Waals surface area contributed by atoms with Crippen LogP contribution < -0.4 is 10.6 Å². The number of ketones is 1. The van der Waals surface area contributed by atoms with E-state index in [0.717, 1.165) is 6.08 Å². The van der Waals surface area contributed by atoms with E-state index in [1.165, 1.54) is 6.92 Å². The maximum absolute atomic E-state index is 13.2. The van der Waals surface area contributed by atoms with Gasteiger partial charge in [0.1, 0.15) is 16.9 Å². The van der Waals surface area contributed by atoms with Gasteiger partial charge in [-0.25, -0.2) is 4.39 Å². The summed E-state index contributed by atoms with van der Waals surface area (Å²) in [6.45, 7) is 6.41. The Morgan fingerprint density at radius 2 is 2.29 bits per heavy atom. The van der Waals surface area contributed by atoms with Gasteiger partial charge < -0.3 is 0 Å². The van der Waals surface area contributed by atoms with Crippen LogP contribution in [0.5, 0.6) is 0 Å². The highest BCUT2D eigenvalue weighted by Gasteiger charge is 2.07. The first kappa shape index (κ1) is 10.4. The third-order valence-electron chi connectivity index (χ3n) is 1.84. The molecule has 0 radical (unpaired) electrons. The van der Waals surface area contributed by atoms with Gasteiger partial charge in [-0.05, 0) is 13.0 Å². The number of allylic oxidation sites excluding steroid dienone is 1. The smallest absolute Gasteiger partial charge is 0.180 e. The van der Waals surface area contributed by atoms with Gasteiger partial charge >= 0.3 is 0 Å². The van der Waals surface area contributed by atoms with Gasteiger partial charge in [0.25, 0.3) is 0 Å². The number of nitrogens with one attached hydrogen (secondary N) is 1. The Kier molecular flexibility index (Phi) is 2.96. The van der Waals surface area contributed by atoms with Gasteiger partial charge in [-0.2, -0.15) is 5.10 Å². The fourth-order valence-electron chi connectivity index (χ4n) is 1.18. The summed E-state index contributed by atoms with van der Waals surface area (Å²) in [5.74, 6) is -0.712. The number of hydrogen-bond acceptors (Lipinski definition) is 2. The van der Waals surface area contributed by atoms with Crippen LogP contribution >= 0.6 is 0 Å². The Morgan fingerprint density at radius 3 is 2.71 bits per heavy atom. The molecule has 0 fully saturated rings. The van der Waals surface area contributed by atoms with Crippen molar-refractivity contribution in [2.24, 2.45) is 0 Å². The summed E-state index contributed by atoms with van der Waals surface area (Å²) in [6.07, 6.45) is 2.71. The van der Waals surface area contributed by atoms with Crippen LogP contribution in [0.1, 0.15) is 24.3 Å². The molecule has 0 aliphatic carbocycles. The summed E-state index contributed by atoms with van der Waals surface area (Å²) in [5, 5.41) is 6.90. The molecule has 0 aromatic carbocycles. The van der Waals surface area contributed by atoms with Crippen molar-refractivity contribution in [3.05, 3.63) is 28.9 Å². The van der Waals surface area contributed by atoms with E-state index < -0.39 is 5.83 Å². The lowest BCUT2D eigenvalue weighted by Gasteiger charge is -1.84. The number of nitrogens with zero attached hydrogens (tertiary/aromatic N) is 1. The molecule has 0 atom stereocenters. The fourth-order valence-corrected chi connectivity index (χ4v) is 1.18. The minimum absolute atomic E-state index is 0.197. The monoisotopic (exact) mass is 194 g/mol. The van der Waals surface area contributed by atoms with E-state index in [9.17, 15) is 9.18 Å². The zero-order valence-electron chi connectivity index (χ0n) is 8.10. The first-order chi connectivity index (χ1) is 6.61. The molecule has 1 rings (SSSR count). The van der Waals surface area contributed by atoms with Gasteiger partial charge in [-0.1, -0.05) is 12.7 Å². The molecule has 0 aliphatic heterocycles. The molecule has 1 aromatic heterocycles. The number of hydrogen-bond donors (Lipinski definition) is 1. The third kappa shape index (κ3) is 1.64. The largest absolute Gasteiger partial charge is 0.293 e. The Labute approximate surface area is 80.6 Å². The van der Waals surface area contributed by atoms with E-state index in [0.29, 0.717) is 5.22 Å². The molecular weight excluding hydrogens is 183 g/mol. The van der Waals surface area contributed by atoms with Crippen molar-refractivity contribution >= 4 is 17.7 Å². The van der Waals surface area contributed by atoms with Crippen molar-refractivity contribution in [1.29, 1.82) is 0 Å². The predicted octanol–water partition coefficient (Wildman–Crippen LogP) is 0.676. The second kappa shape index (κ2) is 4.00. The zero-order chi connectivity index (χ0) is 10.7. The van der Waals surface area contributed by atoms with Crippen LogP contribution in [0, 0.1) is 0 Å². The van der Waals surface area contributed by atoms with E-state index in [-0.39, 0.29) is 16.8 Å². The topological polar surface area (TPSA) is 45.8 Å². The summed E-state index contributed by atoms with van der Waals surface area (Å²) in [6, 6.07) is 0. The molecule has 74 valence electrons. The molecule has 3 nitrogen and oxygen atoms in total. The summed E-state index contributed by atoms with van der Waals surface area (Å²) in [4.78, 5) is 11.1. The number of carbonyl (C=O) groups is 1. The average Bonchev–Trinajstić information content (AvgIpc) is 2.59. The van der Waals surface area contributed by atoms with Crippen molar-refractivity contribution in [3.63, 3.8) is 0 Å². The number of aromatic amines is 1. The van der Waals surface area contributed by atoms with Crippen molar-refractivity contribution in [1.82, 2.24) is 10.2 Å². The van der Waals surface area contributed by atoms with Gasteiger partial charge in [0.05, 0.1) is 0 Å². The number of halogens is 1. The summed E-state index contributed by atoms with van der Waals surface area (Å²) >= 11 is 0. The van der Waals surface area contributed by atoms with Crippen LogP contribution in [0.25, 0.3) is 11.9 Å². The molecule has 0 spiro atoms. The molecule has 0 aliphatic rings. The Hall–Kier alpha value is -1.71. The fraction of sp³-hybridized carbons (Fsp3) is 0.200. The van der Waals surface area contributed by atoms with Crippen molar-refractivity contribution in [2.75, 3.05) is 0 Å². The number of aromatic nitrogens is 2. The lowest BCUT2D eigenvalue weighted by atomic mass is 10.2. The first-order valence-electron chi connectivity index (χ1n) is 4.15. The highest BCUT2D eigenvalue weighted by Crippen LogP contribution is 1.92. The second-order valence-electron chi connectivity index (χ2n) is 2.76. The molecule has 4 heteroatoms. The number of carbonyl (C=O) groups excluding carboxylic acids is 1. The summed E-state index contributed by atoms with van der Waals surface area (Å²) in [7, 11) is 0. The molecule has 1 N–H and O–H groups in total. The number of Topliss-reactive ketones (excluding diaryl/α,β-unsaturated/α-hetero) is 1. The van der Waals surface area contributed by atoms with Crippen LogP contribution in [-0.4, -0.2) is 16.0 Å². The van der Waals surface area contributed by atoms with Crippen LogP contribution in [0.15, 0.2) is 12.7 Å². The number of H-pyrrole nitrogens is 1. The summed E-state index contributed by atoms with van der Waals surface area (Å²) < 4.78 is 13.2. The van der Waals surface area contributed by atoms with Crippen molar-refractivity contribution in [2.45, 2.75) is 13.8 Å². The minimum atomic E-state index is -0.516. The maximum Gasteiger partial charge on any atom is 0.180 e. The molecule has 0 saturated carbocycles. The standard InChI is InChI=1S/C10H11FN2O/c1-4-7-9(6(3)14)12-13-10(7)8(11)5-2/h4-5,13H,2H2,1,3H3. The Bertz CT molecular complexity index is 485. The van der Waals surface area contributed by atoms with E-state index in [2.05, 4.69) is 16.8 Å². The molecular formula is C10H11FN2O. The van der Waals surface area contributed by atoms with Crippen molar-refractivity contribution in [3.8, 4) is 0 Å². The van der Waals surface area contributed by atoms with E-state index in [4.69, 9.17) is 0 Å². The van der Waals surface area contributed by atoms with E-state index >= 15 is 0 Å². The molecule has 0 amide bonds. The molecule has 0 saturated heterocycles. The Balaban J connectivity index is 3.69. The highest BCUT2D eigenvalue weighted by molar-refractivity contribution is 5.92. The molecule has 1 heterocycles. The molecule has 0 bridgehead atoms. The lowest BCUT2D eigenvalue weighted by molar-refractivity contribution is 0.101. The number of rotatable bonds is 2. The minimum Gasteiger partial charge on any atom is -0.293 e. The van der Waals surface area contributed by atoms with Gasteiger partial charge in [0, 0.05) is 12.1 Å².